The smallest absolute Gasteiger partial charge is 0.261 e. The highest BCUT2D eigenvalue weighted by Crippen LogP contribution is 2.30. The maximum atomic E-state index is 14.3. The molecule has 0 aliphatic heterocycles. The second-order valence-electron chi connectivity index (χ2n) is 7.53. The van der Waals surface area contributed by atoms with Crippen molar-refractivity contribution in [3.8, 4) is 11.4 Å². The molecule has 2 aromatic heterocycles. The molecule has 150 valence electrons. The van der Waals surface area contributed by atoms with Crippen LogP contribution < -0.4 is 16.6 Å². The molecule has 7 nitrogen and oxygen atoms in total. The van der Waals surface area contributed by atoms with Crippen molar-refractivity contribution in [1.29, 1.82) is 0 Å². The lowest BCUT2D eigenvalue weighted by molar-refractivity contribution is 0.392. The van der Waals surface area contributed by atoms with E-state index in [1.165, 1.54) is 12.1 Å². The summed E-state index contributed by atoms with van der Waals surface area (Å²) in [4.78, 5) is 25.1. The standard InChI is InChI=1S/C21H23FN6O/c1-11(10-28(2)3)24-12-7-8-14-16(9-12)26-20(25-14)18-19(23)17-13(22)5-4-6-15(17)27-21(18)29/h4-9,11,24H,10H2,1-3H3,(H,25,26)(H3,23,27,29). The molecule has 5 N–H and O–H groups in total. The Bertz CT molecular complexity index is 1260. The van der Waals surface area contributed by atoms with Gasteiger partial charge >= 0.3 is 0 Å². The Balaban J connectivity index is 1.77. The van der Waals surface area contributed by atoms with Gasteiger partial charge in [0.25, 0.3) is 5.56 Å². The second-order valence-corrected chi connectivity index (χ2v) is 7.53. The average Bonchev–Trinajstić information content (AvgIpc) is 3.03. The number of likely N-dealkylation sites (N-methyl/N-ethyl adjacent to an activating group) is 1. The van der Waals surface area contributed by atoms with Crippen LogP contribution in [0.2, 0.25) is 0 Å². The number of imidazole rings is 1. The largest absolute Gasteiger partial charge is 0.397 e. The van der Waals surface area contributed by atoms with Crippen LogP contribution in [0.25, 0.3) is 33.3 Å². The Morgan fingerprint density at radius 1 is 1.21 bits per heavy atom. The van der Waals surface area contributed by atoms with E-state index in [0.717, 1.165) is 17.7 Å². The maximum absolute atomic E-state index is 14.3. The molecule has 2 heterocycles. The van der Waals surface area contributed by atoms with Gasteiger partial charge in [-0.2, -0.15) is 0 Å². The lowest BCUT2D eigenvalue weighted by Gasteiger charge is -2.19. The van der Waals surface area contributed by atoms with Crippen LogP contribution >= 0.6 is 0 Å². The van der Waals surface area contributed by atoms with Gasteiger partial charge in [0.05, 0.1) is 27.6 Å². The van der Waals surface area contributed by atoms with Gasteiger partial charge in [0.1, 0.15) is 17.2 Å². The molecule has 2 aromatic carbocycles. The minimum absolute atomic E-state index is 0.0684. The molecule has 4 aromatic rings. The Morgan fingerprint density at radius 2 is 2.00 bits per heavy atom. The van der Waals surface area contributed by atoms with Crippen LogP contribution in [-0.2, 0) is 0 Å². The number of aromatic nitrogens is 3. The van der Waals surface area contributed by atoms with Crippen molar-refractivity contribution >= 4 is 33.3 Å². The van der Waals surface area contributed by atoms with Crippen LogP contribution in [0.1, 0.15) is 6.92 Å². The van der Waals surface area contributed by atoms with Gasteiger partial charge in [-0.25, -0.2) is 9.37 Å². The summed E-state index contributed by atoms with van der Waals surface area (Å²) < 4.78 is 14.3. The van der Waals surface area contributed by atoms with Gasteiger partial charge < -0.3 is 25.9 Å². The third-order valence-corrected chi connectivity index (χ3v) is 4.80. The zero-order valence-corrected chi connectivity index (χ0v) is 16.5. The molecule has 29 heavy (non-hydrogen) atoms. The molecule has 0 aliphatic carbocycles. The summed E-state index contributed by atoms with van der Waals surface area (Å²) >= 11 is 0. The van der Waals surface area contributed by atoms with Gasteiger partial charge in [-0.1, -0.05) is 6.07 Å². The van der Waals surface area contributed by atoms with Gasteiger partial charge in [0, 0.05) is 18.3 Å². The fraction of sp³-hybridized carbons (Fsp3) is 0.238. The number of nitrogens with one attached hydrogen (secondary N) is 3. The van der Waals surface area contributed by atoms with Crippen LogP contribution in [0.3, 0.4) is 0 Å². The van der Waals surface area contributed by atoms with E-state index in [1.807, 2.05) is 32.3 Å². The Hall–Kier alpha value is -3.39. The normalized spacial score (nSPS) is 12.7. The first kappa shape index (κ1) is 18.9. The van der Waals surface area contributed by atoms with Crippen LogP contribution in [-0.4, -0.2) is 46.5 Å². The second kappa shape index (κ2) is 7.21. The monoisotopic (exact) mass is 394 g/mol. The summed E-state index contributed by atoms with van der Waals surface area (Å²) in [5, 5.41) is 3.62. The van der Waals surface area contributed by atoms with Crippen molar-refractivity contribution in [3.63, 3.8) is 0 Å². The average molecular weight is 394 g/mol. The predicted molar refractivity (Wildman–Crippen MR) is 116 cm³/mol. The number of hydrogen-bond acceptors (Lipinski definition) is 5. The van der Waals surface area contributed by atoms with Crippen molar-refractivity contribution in [1.82, 2.24) is 19.9 Å². The molecule has 1 atom stereocenters. The van der Waals surface area contributed by atoms with E-state index in [4.69, 9.17) is 5.73 Å². The fourth-order valence-corrected chi connectivity index (χ4v) is 3.66. The molecule has 0 saturated heterocycles. The summed E-state index contributed by atoms with van der Waals surface area (Å²) in [6.45, 7) is 2.99. The highest BCUT2D eigenvalue weighted by Gasteiger charge is 2.18. The molecule has 0 radical (unpaired) electrons. The third kappa shape index (κ3) is 3.54. The molecular weight excluding hydrogens is 371 g/mol. The summed E-state index contributed by atoms with van der Waals surface area (Å²) in [6.07, 6.45) is 0. The quantitative estimate of drug-likeness (QED) is 0.416. The number of H-pyrrole nitrogens is 2. The number of nitrogens with two attached hydrogens (primary N) is 1. The molecule has 1 unspecified atom stereocenters. The van der Waals surface area contributed by atoms with Crippen molar-refractivity contribution in [2.45, 2.75) is 13.0 Å². The van der Waals surface area contributed by atoms with Gasteiger partial charge in [0.15, 0.2) is 0 Å². The molecular formula is C21H23FN6O. The first-order chi connectivity index (χ1) is 13.8. The van der Waals surface area contributed by atoms with E-state index in [0.29, 0.717) is 16.9 Å². The number of anilines is 2. The maximum Gasteiger partial charge on any atom is 0.261 e. The topological polar surface area (TPSA) is 103 Å². The number of rotatable bonds is 5. The first-order valence-corrected chi connectivity index (χ1v) is 9.35. The number of halogens is 1. The van der Waals surface area contributed by atoms with E-state index in [2.05, 4.69) is 32.1 Å². The Labute approximate surface area is 166 Å². The van der Waals surface area contributed by atoms with Crippen LogP contribution in [0.4, 0.5) is 15.8 Å². The van der Waals surface area contributed by atoms with E-state index in [1.54, 1.807) is 6.07 Å². The minimum atomic E-state index is -0.491. The number of fused-ring (bicyclic) bond motifs is 2. The lowest BCUT2D eigenvalue weighted by Crippen LogP contribution is -2.29. The SMILES string of the molecule is CC(CN(C)C)Nc1ccc2nc(-c3c(N)c4c(F)cccc4[nH]c3=O)[nH]c2c1. The van der Waals surface area contributed by atoms with Gasteiger partial charge in [-0.05, 0) is 51.4 Å². The molecule has 4 rings (SSSR count). The lowest BCUT2D eigenvalue weighted by atomic mass is 10.1. The summed E-state index contributed by atoms with van der Waals surface area (Å²) in [5.74, 6) is -0.183. The number of pyridine rings is 1. The number of nitrogens with zero attached hydrogens (tertiary/aromatic N) is 2. The third-order valence-electron chi connectivity index (χ3n) is 4.80. The van der Waals surface area contributed by atoms with E-state index < -0.39 is 11.4 Å². The molecule has 0 aliphatic rings. The highest BCUT2D eigenvalue weighted by atomic mass is 19.1. The molecule has 0 bridgehead atoms. The number of nitrogen functional groups attached to an aromatic ring is 1. The van der Waals surface area contributed by atoms with Crippen molar-refractivity contribution in [2.75, 3.05) is 31.7 Å². The molecule has 0 spiro atoms. The van der Waals surface area contributed by atoms with Crippen LogP contribution in [0.5, 0.6) is 0 Å². The molecule has 0 amide bonds. The molecule has 8 heteroatoms. The van der Waals surface area contributed by atoms with E-state index in [9.17, 15) is 9.18 Å². The zero-order valence-electron chi connectivity index (χ0n) is 16.5. The number of hydrogen-bond donors (Lipinski definition) is 4. The zero-order chi connectivity index (χ0) is 20.7. The summed E-state index contributed by atoms with van der Waals surface area (Å²) in [6, 6.07) is 10.5. The van der Waals surface area contributed by atoms with E-state index in [-0.39, 0.29) is 22.7 Å². The summed E-state index contributed by atoms with van der Waals surface area (Å²) in [5.41, 5.74) is 8.71. The van der Waals surface area contributed by atoms with Crippen molar-refractivity contribution in [3.05, 3.63) is 52.6 Å². The fourth-order valence-electron chi connectivity index (χ4n) is 3.66. The predicted octanol–water partition coefficient (Wildman–Crippen LogP) is 3.15. The van der Waals surface area contributed by atoms with E-state index >= 15 is 0 Å². The number of benzene rings is 2. The van der Waals surface area contributed by atoms with Gasteiger partial charge in [-0.15, -0.1) is 0 Å². The number of aromatic amines is 2. The van der Waals surface area contributed by atoms with Gasteiger partial charge in [-0.3, -0.25) is 4.79 Å². The summed E-state index contributed by atoms with van der Waals surface area (Å²) in [7, 11) is 4.05. The van der Waals surface area contributed by atoms with Crippen molar-refractivity contribution in [2.24, 2.45) is 0 Å². The van der Waals surface area contributed by atoms with Gasteiger partial charge in [0.2, 0.25) is 0 Å². The Morgan fingerprint density at radius 3 is 2.76 bits per heavy atom. The molecule has 0 saturated carbocycles. The minimum Gasteiger partial charge on any atom is -0.397 e. The first-order valence-electron chi connectivity index (χ1n) is 9.35. The van der Waals surface area contributed by atoms with Crippen molar-refractivity contribution < 1.29 is 4.39 Å². The Kier molecular flexibility index (Phi) is 4.71. The highest BCUT2D eigenvalue weighted by molar-refractivity contribution is 5.98. The molecule has 0 fully saturated rings. The van der Waals surface area contributed by atoms with Crippen LogP contribution in [0.15, 0.2) is 41.2 Å². The van der Waals surface area contributed by atoms with Crippen LogP contribution in [0, 0.1) is 5.82 Å².